The molecule has 3 N–H and O–H groups in total. The summed E-state index contributed by atoms with van der Waals surface area (Å²) >= 11 is 0. The Labute approximate surface area is 164 Å². The number of carbonyl (C=O) groups excluding carboxylic acids is 2. The van der Waals surface area contributed by atoms with Crippen LogP contribution in [0.4, 0.5) is 4.39 Å². The molecule has 2 aromatic rings. The predicted molar refractivity (Wildman–Crippen MR) is 107 cm³/mol. The van der Waals surface area contributed by atoms with Crippen molar-refractivity contribution in [3.05, 3.63) is 71.6 Å². The van der Waals surface area contributed by atoms with E-state index in [1.165, 1.54) is 18.2 Å². The van der Waals surface area contributed by atoms with E-state index in [9.17, 15) is 14.0 Å². The molecule has 0 aromatic heterocycles. The van der Waals surface area contributed by atoms with Crippen molar-refractivity contribution in [1.82, 2.24) is 5.32 Å². The van der Waals surface area contributed by atoms with Gasteiger partial charge in [0.05, 0.1) is 6.04 Å². The average molecular weight is 384 g/mol. The number of ether oxygens (including phenoxy) is 1. The van der Waals surface area contributed by atoms with Gasteiger partial charge in [-0.3, -0.25) is 9.59 Å². The summed E-state index contributed by atoms with van der Waals surface area (Å²) in [5, 5.41) is 2.98. The van der Waals surface area contributed by atoms with Gasteiger partial charge in [-0.1, -0.05) is 45.0 Å². The number of carbonyl (C=O) groups is 2. The van der Waals surface area contributed by atoms with E-state index in [1.807, 2.05) is 20.8 Å². The van der Waals surface area contributed by atoms with Crippen LogP contribution in [0, 0.1) is 11.2 Å². The minimum atomic E-state index is -0.546. The highest BCUT2D eigenvalue weighted by molar-refractivity contribution is 5.92. The molecule has 2 rings (SSSR count). The Morgan fingerprint density at radius 2 is 1.71 bits per heavy atom. The third-order valence-corrected chi connectivity index (χ3v) is 4.04. The zero-order valence-corrected chi connectivity index (χ0v) is 16.2. The summed E-state index contributed by atoms with van der Waals surface area (Å²) in [5.41, 5.74) is 6.42. The van der Waals surface area contributed by atoms with Gasteiger partial charge in [-0.15, -0.1) is 0 Å². The third kappa shape index (κ3) is 6.54. The van der Waals surface area contributed by atoms with E-state index in [0.717, 1.165) is 11.1 Å². The molecule has 2 aromatic carbocycles. The maximum absolute atomic E-state index is 13.2. The van der Waals surface area contributed by atoms with E-state index in [0.29, 0.717) is 5.75 Å². The lowest BCUT2D eigenvalue weighted by molar-refractivity contribution is -0.120. The fourth-order valence-electron chi connectivity index (χ4n) is 2.65. The van der Waals surface area contributed by atoms with Crippen LogP contribution in [0.3, 0.4) is 0 Å². The summed E-state index contributed by atoms with van der Waals surface area (Å²) < 4.78 is 18.4. The molecule has 0 aliphatic carbocycles. The van der Waals surface area contributed by atoms with Gasteiger partial charge in [-0.05, 0) is 46.9 Å². The van der Waals surface area contributed by atoms with E-state index in [2.05, 4.69) is 5.32 Å². The Bertz CT molecular complexity index is 838. The number of halogens is 1. The molecule has 0 spiro atoms. The van der Waals surface area contributed by atoms with Gasteiger partial charge in [0.1, 0.15) is 11.6 Å². The SMILES string of the molecule is CC(C)(C)C(NC(=O)/C=C/c1ccc(OCC(N)=O)cc1)c1ccc(F)cc1. The summed E-state index contributed by atoms with van der Waals surface area (Å²) in [4.78, 5) is 23.1. The molecule has 5 nitrogen and oxygen atoms in total. The molecule has 28 heavy (non-hydrogen) atoms. The zero-order chi connectivity index (χ0) is 20.7. The molecule has 1 unspecified atom stereocenters. The second-order valence-electron chi connectivity index (χ2n) is 7.52. The van der Waals surface area contributed by atoms with Crippen LogP contribution in [0.15, 0.2) is 54.6 Å². The van der Waals surface area contributed by atoms with Gasteiger partial charge in [0, 0.05) is 6.08 Å². The van der Waals surface area contributed by atoms with Crippen LogP contribution >= 0.6 is 0 Å². The van der Waals surface area contributed by atoms with Crippen LogP contribution in [-0.2, 0) is 9.59 Å². The zero-order valence-electron chi connectivity index (χ0n) is 16.2. The van der Waals surface area contributed by atoms with Crippen molar-refractivity contribution >= 4 is 17.9 Å². The first-order valence-electron chi connectivity index (χ1n) is 8.90. The van der Waals surface area contributed by atoms with Crippen LogP contribution in [0.2, 0.25) is 0 Å². The van der Waals surface area contributed by atoms with Crippen LogP contribution in [-0.4, -0.2) is 18.4 Å². The molecule has 6 heteroatoms. The van der Waals surface area contributed by atoms with Crippen molar-refractivity contribution in [2.45, 2.75) is 26.8 Å². The van der Waals surface area contributed by atoms with Gasteiger partial charge in [0.25, 0.3) is 5.91 Å². The molecule has 0 aliphatic heterocycles. The fourth-order valence-corrected chi connectivity index (χ4v) is 2.65. The normalized spacial score (nSPS) is 12.6. The molecule has 0 aliphatic rings. The maximum Gasteiger partial charge on any atom is 0.255 e. The van der Waals surface area contributed by atoms with Gasteiger partial charge in [0.15, 0.2) is 6.61 Å². The van der Waals surface area contributed by atoms with Gasteiger partial charge < -0.3 is 15.8 Å². The van der Waals surface area contributed by atoms with E-state index in [-0.39, 0.29) is 29.8 Å². The van der Waals surface area contributed by atoms with Gasteiger partial charge in [0.2, 0.25) is 5.91 Å². The largest absolute Gasteiger partial charge is 0.484 e. The molecule has 0 heterocycles. The molecule has 0 fully saturated rings. The summed E-state index contributed by atoms with van der Waals surface area (Å²) in [6, 6.07) is 12.8. The Hall–Kier alpha value is -3.15. The molecule has 0 saturated heterocycles. The van der Waals surface area contributed by atoms with Crippen LogP contribution in [0.5, 0.6) is 5.75 Å². The number of nitrogens with two attached hydrogens (primary N) is 1. The first-order valence-corrected chi connectivity index (χ1v) is 8.90. The van der Waals surface area contributed by atoms with Crippen LogP contribution in [0.25, 0.3) is 6.08 Å². The highest BCUT2D eigenvalue weighted by atomic mass is 19.1. The van der Waals surface area contributed by atoms with Gasteiger partial charge in [-0.25, -0.2) is 4.39 Å². The summed E-state index contributed by atoms with van der Waals surface area (Å²) in [5.74, 6) is -0.594. The summed E-state index contributed by atoms with van der Waals surface area (Å²) in [7, 11) is 0. The van der Waals surface area contributed by atoms with E-state index < -0.39 is 5.91 Å². The first kappa shape index (κ1) is 21.2. The number of amides is 2. The smallest absolute Gasteiger partial charge is 0.255 e. The molecule has 1 atom stereocenters. The van der Waals surface area contributed by atoms with Crippen molar-refractivity contribution in [2.75, 3.05) is 6.61 Å². The predicted octanol–water partition coefficient (Wildman–Crippen LogP) is 3.61. The Kier molecular flexibility index (Phi) is 6.93. The van der Waals surface area contributed by atoms with Gasteiger partial charge in [-0.2, -0.15) is 0 Å². The van der Waals surface area contributed by atoms with E-state index in [4.69, 9.17) is 10.5 Å². The molecule has 148 valence electrons. The van der Waals surface area contributed by atoms with Crippen molar-refractivity contribution in [2.24, 2.45) is 11.1 Å². The maximum atomic E-state index is 13.2. The number of hydrogen-bond acceptors (Lipinski definition) is 3. The molecular formula is C22H25FN2O3. The van der Waals surface area contributed by atoms with E-state index in [1.54, 1.807) is 42.5 Å². The number of primary amides is 1. The fraction of sp³-hybridized carbons (Fsp3) is 0.273. The number of nitrogens with one attached hydrogen (secondary N) is 1. The summed E-state index contributed by atoms with van der Waals surface area (Å²) in [6.07, 6.45) is 3.12. The topological polar surface area (TPSA) is 81.4 Å². The van der Waals surface area contributed by atoms with Crippen molar-refractivity contribution in [1.29, 1.82) is 0 Å². The van der Waals surface area contributed by atoms with Gasteiger partial charge >= 0.3 is 0 Å². The highest BCUT2D eigenvalue weighted by Crippen LogP contribution is 2.32. The minimum absolute atomic E-state index is 0.185. The molecule has 2 amide bonds. The van der Waals surface area contributed by atoms with E-state index >= 15 is 0 Å². The second kappa shape index (κ2) is 9.17. The standard InChI is InChI=1S/C22H25FN2O3/c1-22(2,3)21(16-7-9-17(23)10-8-16)25-20(27)13-6-15-4-11-18(12-5-15)28-14-19(24)26/h4-13,21H,14H2,1-3H3,(H2,24,26)(H,25,27)/b13-6+. The second-order valence-corrected chi connectivity index (χ2v) is 7.52. The van der Waals surface area contributed by atoms with Crippen LogP contribution < -0.4 is 15.8 Å². The number of benzene rings is 2. The summed E-state index contributed by atoms with van der Waals surface area (Å²) in [6.45, 7) is 5.84. The van der Waals surface area contributed by atoms with Crippen molar-refractivity contribution < 1.29 is 18.7 Å². The van der Waals surface area contributed by atoms with Crippen molar-refractivity contribution in [3.63, 3.8) is 0 Å². The third-order valence-electron chi connectivity index (χ3n) is 4.04. The highest BCUT2D eigenvalue weighted by Gasteiger charge is 2.27. The minimum Gasteiger partial charge on any atom is -0.484 e. The molecule has 0 bridgehead atoms. The Morgan fingerprint density at radius 3 is 2.25 bits per heavy atom. The molecule has 0 radical (unpaired) electrons. The molecule has 0 saturated carbocycles. The lowest BCUT2D eigenvalue weighted by Gasteiger charge is -2.31. The lowest BCUT2D eigenvalue weighted by Crippen LogP contribution is -2.35. The Balaban J connectivity index is 2.03. The van der Waals surface area contributed by atoms with Crippen LogP contribution in [0.1, 0.15) is 37.9 Å². The quantitative estimate of drug-likeness (QED) is 0.716. The number of hydrogen-bond donors (Lipinski definition) is 2. The molecular weight excluding hydrogens is 359 g/mol. The first-order chi connectivity index (χ1) is 13.1. The monoisotopic (exact) mass is 384 g/mol. The average Bonchev–Trinajstić information content (AvgIpc) is 2.63. The van der Waals surface area contributed by atoms with Crippen molar-refractivity contribution in [3.8, 4) is 5.75 Å². The lowest BCUT2D eigenvalue weighted by atomic mass is 9.82. The number of rotatable bonds is 7. The Morgan fingerprint density at radius 1 is 1.11 bits per heavy atom.